The molecular formula is C15H28O2Si. The van der Waals surface area contributed by atoms with Gasteiger partial charge in [0.25, 0.3) is 0 Å². The molecule has 1 rings (SSSR count). The van der Waals surface area contributed by atoms with E-state index in [9.17, 15) is 4.79 Å². The van der Waals surface area contributed by atoms with Gasteiger partial charge >= 0.3 is 0 Å². The molecule has 0 N–H and O–H groups in total. The maximum Gasteiger partial charge on any atom is 0.184 e. The van der Waals surface area contributed by atoms with Crippen LogP contribution in [0, 0.1) is 11.8 Å². The Bertz CT molecular complexity index is 326. The molecule has 18 heavy (non-hydrogen) atoms. The van der Waals surface area contributed by atoms with E-state index in [-0.39, 0.29) is 12.0 Å². The molecule has 0 radical (unpaired) electrons. The lowest BCUT2D eigenvalue weighted by molar-refractivity contribution is -0.120. The third-order valence-corrected chi connectivity index (χ3v) is 4.43. The Balaban J connectivity index is 2.74. The monoisotopic (exact) mass is 268 g/mol. The van der Waals surface area contributed by atoms with Crippen LogP contribution in [0.4, 0.5) is 0 Å². The topological polar surface area (TPSA) is 26.3 Å². The average molecular weight is 268 g/mol. The van der Waals surface area contributed by atoms with Crippen LogP contribution in [-0.2, 0) is 9.22 Å². The Kier molecular flexibility index (Phi) is 5.35. The van der Waals surface area contributed by atoms with Gasteiger partial charge in [0.05, 0.1) is 6.10 Å². The summed E-state index contributed by atoms with van der Waals surface area (Å²) in [4.78, 5) is 11.4. The maximum absolute atomic E-state index is 11.4. The van der Waals surface area contributed by atoms with Crippen molar-refractivity contribution >= 4 is 14.1 Å². The molecule has 0 aliphatic heterocycles. The van der Waals surface area contributed by atoms with Crippen LogP contribution in [0.15, 0.2) is 11.6 Å². The second-order valence-electron chi connectivity index (χ2n) is 6.76. The van der Waals surface area contributed by atoms with Crippen molar-refractivity contribution in [2.75, 3.05) is 0 Å². The minimum atomic E-state index is -1.51. The second-order valence-corrected chi connectivity index (χ2v) is 11.2. The maximum atomic E-state index is 11.4. The van der Waals surface area contributed by atoms with Crippen molar-refractivity contribution in [1.82, 2.24) is 0 Å². The molecule has 1 aliphatic rings. The van der Waals surface area contributed by atoms with Crippen LogP contribution in [0.3, 0.4) is 0 Å². The molecule has 104 valence electrons. The van der Waals surface area contributed by atoms with Gasteiger partial charge in [0, 0.05) is 5.92 Å². The number of carbonyl (C=O) groups is 1. The van der Waals surface area contributed by atoms with Gasteiger partial charge in [-0.05, 0) is 57.3 Å². The normalized spacial score (nSPS) is 22.8. The number of hydrogen-bond acceptors (Lipinski definition) is 2. The van der Waals surface area contributed by atoms with Crippen molar-refractivity contribution in [3.63, 3.8) is 0 Å². The molecule has 0 aromatic carbocycles. The van der Waals surface area contributed by atoms with Gasteiger partial charge in [-0.25, -0.2) is 0 Å². The Morgan fingerprint density at radius 2 is 2.00 bits per heavy atom. The second kappa shape index (κ2) is 6.16. The molecule has 0 fully saturated rings. The number of Topliss-reactive ketones (excluding diaryl/α,β-unsaturated/α-hetero) is 1. The highest BCUT2D eigenvalue weighted by Crippen LogP contribution is 2.31. The van der Waals surface area contributed by atoms with E-state index in [0.29, 0.717) is 11.7 Å². The van der Waals surface area contributed by atoms with E-state index in [0.717, 1.165) is 19.3 Å². The highest BCUT2D eigenvalue weighted by atomic mass is 28.4. The summed E-state index contributed by atoms with van der Waals surface area (Å²) in [6, 6.07) is 0. The lowest BCUT2D eigenvalue weighted by atomic mass is 9.83. The highest BCUT2D eigenvalue weighted by Gasteiger charge is 2.29. The summed E-state index contributed by atoms with van der Waals surface area (Å²) in [5.74, 6) is 1.09. The molecule has 0 heterocycles. The molecule has 1 aliphatic carbocycles. The van der Waals surface area contributed by atoms with E-state index in [1.165, 1.54) is 5.57 Å². The summed E-state index contributed by atoms with van der Waals surface area (Å²) < 4.78 is 6.32. The first kappa shape index (κ1) is 15.6. The zero-order valence-electron chi connectivity index (χ0n) is 12.7. The van der Waals surface area contributed by atoms with Crippen molar-refractivity contribution in [3.05, 3.63) is 11.6 Å². The van der Waals surface area contributed by atoms with E-state index in [1.54, 1.807) is 6.92 Å². The Labute approximate surface area is 113 Å². The zero-order valence-corrected chi connectivity index (χ0v) is 13.7. The summed E-state index contributed by atoms with van der Waals surface area (Å²) in [6.45, 7) is 12.9. The van der Waals surface area contributed by atoms with Crippen LogP contribution >= 0.6 is 0 Å². The third-order valence-electron chi connectivity index (χ3n) is 3.47. The van der Waals surface area contributed by atoms with E-state index in [2.05, 4.69) is 39.6 Å². The zero-order chi connectivity index (χ0) is 13.9. The van der Waals surface area contributed by atoms with Crippen molar-refractivity contribution in [2.45, 2.75) is 65.8 Å². The lowest BCUT2D eigenvalue weighted by Gasteiger charge is -2.33. The van der Waals surface area contributed by atoms with Gasteiger partial charge in [0.15, 0.2) is 8.32 Å². The minimum absolute atomic E-state index is 0.244. The number of allylic oxidation sites excluding steroid dienone is 1. The predicted molar refractivity (Wildman–Crippen MR) is 79.2 cm³/mol. The predicted octanol–water partition coefficient (Wildman–Crippen LogP) is 4.18. The fraction of sp³-hybridized carbons (Fsp3) is 0.800. The molecule has 0 bridgehead atoms. The van der Waals surface area contributed by atoms with Crippen molar-refractivity contribution in [1.29, 1.82) is 0 Å². The molecule has 0 aromatic heterocycles. The van der Waals surface area contributed by atoms with Crippen molar-refractivity contribution in [2.24, 2.45) is 11.8 Å². The van der Waals surface area contributed by atoms with E-state index in [4.69, 9.17) is 4.43 Å². The molecule has 0 aromatic rings. The van der Waals surface area contributed by atoms with Crippen LogP contribution in [0.5, 0.6) is 0 Å². The van der Waals surface area contributed by atoms with Gasteiger partial charge in [-0.2, -0.15) is 0 Å². The van der Waals surface area contributed by atoms with Gasteiger partial charge in [-0.15, -0.1) is 0 Å². The number of ketones is 1. The molecular weight excluding hydrogens is 240 g/mol. The van der Waals surface area contributed by atoms with Crippen LogP contribution in [0.1, 0.15) is 40.0 Å². The van der Waals surface area contributed by atoms with Gasteiger partial charge in [0.2, 0.25) is 0 Å². The molecule has 0 spiro atoms. The summed E-state index contributed by atoms with van der Waals surface area (Å²) in [7, 11) is -1.51. The Hall–Kier alpha value is -0.413. The number of hydrogen-bond donors (Lipinski definition) is 0. The fourth-order valence-corrected chi connectivity index (χ4v) is 3.69. The van der Waals surface area contributed by atoms with Crippen LogP contribution in [-0.4, -0.2) is 20.2 Å². The SMILES string of the molecule is CC(=O)[C@H]1CC=C([C@@H](O[Si](C)(C)C)C(C)C)CC1. The van der Waals surface area contributed by atoms with Crippen molar-refractivity contribution < 1.29 is 9.22 Å². The van der Waals surface area contributed by atoms with Gasteiger partial charge in [-0.1, -0.05) is 19.9 Å². The summed E-state index contributed by atoms with van der Waals surface area (Å²) in [5.41, 5.74) is 1.42. The Morgan fingerprint density at radius 1 is 1.39 bits per heavy atom. The number of rotatable bonds is 5. The summed E-state index contributed by atoms with van der Waals surface area (Å²) >= 11 is 0. The van der Waals surface area contributed by atoms with Gasteiger partial charge < -0.3 is 4.43 Å². The highest BCUT2D eigenvalue weighted by molar-refractivity contribution is 6.69. The van der Waals surface area contributed by atoms with E-state index >= 15 is 0 Å². The van der Waals surface area contributed by atoms with Gasteiger partial charge in [0.1, 0.15) is 5.78 Å². The molecule has 2 nitrogen and oxygen atoms in total. The van der Waals surface area contributed by atoms with E-state index < -0.39 is 8.32 Å². The van der Waals surface area contributed by atoms with Gasteiger partial charge in [-0.3, -0.25) is 4.79 Å². The smallest absolute Gasteiger partial charge is 0.184 e. The summed E-state index contributed by atoms with van der Waals surface area (Å²) in [6.07, 6.45) is 5.45. The first-order chi connectivity index (χ1) is 8.20. The molecule has 0 unspecified atom stereocenters. The third kappa shape index (κ3) is 4.69. The van der Waals surface area contributed by atoms with Crippen molar-refractivity contribution in [3.8, 4) is 0 Å². The molecule has 2 atom stereocenters. The van der Waals surface area contributed by atoms with Crippen LogP contribution < -0.4 is 0 Å². The van der Waals surface area contributed by atoms with E-state index in [1.807, 2.05) is 0 Å². The molecule has 0 saturated carbocycles. The summed E-state index contributed by atoms with van der Waals surface area (Å²) in [5, 5.41) is 0. The quantitative estimate of drug-likeness (QED) is 0.552. The minimum Gasteiger partial charge on any atom is -0.411 e. The molecule has 0 saturated heterocycles. The average Bonchev–Trinajstić information content (AvgIpc) is 2.24. The fourth-order valence-electron chi connectivity index (χ4n) is 2.50. The Morgan fingerprint density at radius 3 is 2.33 bits per heavy atom. The van der Waals surface area contributed by atoms with Crippen LogP contribution in [0.2, 0.25) is 19.6 Å². The largest absolute Gasteiger partial charge is 0.411 e. The molecule has 0 amide bonds. The lowest BCUT2D eigenvalue weighted by Crippen LogP contribution is -2.36. The first-order valence-electron chi connectivity index (χ1n) is 7.08. The van der Waals surface area contributed by atoms with Crippen LogP contribution in [0.25, 0.3) is 0 Å². The first-order valence-corrected chi connectivity index (χ1v) is 10.5. The number of carbonyl (C=O) groups excluding carboxylic acids is 1. The standard InChI is InChI=1S/C15H28O2Si/c1-11(2)15(17-18(4,5)6)14-9-7-13(8-10-14)12(3)16/h9,11,13,15H,7-8,10H2,1-6H3/t13-,15-/m0/s1. The molecule has 3 heteroatoms.